The molecule has 2 aliphatic carbocycles. The SMILES string of the molecule is Cc1nn(C)c(Cl)c1CNC(C1CC1)C1CC1. The zero-order valence-corrected chi connectivity index (χ0v) is 11.3. The maximum absolute atomic E-state index is 6.25. The molecule has 0 aliphatic heterocycles. The lowest BCUT2D eigenvalue weighted by Gasteiger charge is -2.17. The lowest BCUT2D eigenvalue weighted by molar-refractivity contribution is 0.415. The Hall–Kier alpha value is -0.540. The summed E-state index contributed by atoms with van der Waals surface area (Å²) in [5.41, 5.74) is 2.22. The second kappa shape index (κ2) is 4.29. The molecule has 0 unspecified atom stereocenters. The van der Waals surface area contributed by atoms with Gasteiger partial charge in [-0.05, 0) is 44.4 Å². The van der Waals surface area contributed by atoms with Gasteiger partial charge in [0.05, 0.1) is 5.69 Å². The van der Waals surface area contributed by atoms with Crippen LogP contribution in [-0.4, -0.2) is 15.8 Å². The molecular weight excluding hydrogens is 234 g/mol. The summed E-state index contributed by atoms with van der Waals surface area (Å²) in [4.78, 5) is 0. The van der Waals surface area contributed by atoms with E-state index in [1.165, 1.54) is 31.2 Å². The number of halogens is 1. The minimum Gasteiger partial charge on any atom is -0.309 e. The van der Waals surface area contributed by atoms with Gasteiger partial charge in [-0.1, -0.05) is 11.6 Å². The fourth-order valence-electron chi connectivity index (χ4n) is 2.72. The van der Waals surface area contributed by atoms with Crippen molar-refractivity contribution in [1.29, 1.82) is 0 Å². The van der Waals surface area contributed by atoms with Gasteiger partial charge in [0.15, 0.2) is 0 Å². The Morgan fingerprint density at radius 2 is 1.94 bits per heavy atom. The van der Waals surface area contributed by atoms with Crippen LogP contribution in [0.4, 0.5) is 0 Å². The molecule has 0 bridgehead atoms. The molecule has 3 nitrogen and oxygen atoms in total. The van der Waals surface area contributed by atoms with Crippen molar-refractivity contribution in [3.8, 4) is 0 Å². The summed E-state index contributed by atoms with van der Waals surface area (Å²) in [6, 6.07) is 0.727. The number of aromatic nitrogens is 2. The normalized spacial score (nSPS) is 20.2. The molecular formula is C13H20ClN3. The second-order valence-electron chi connectivity index (χ2n) is 5.56. The van der Waals surface area contributed by atoms with Gasteiger partial charge in [0.25, 0.3) is 0 Å². The van der Waals surface area contributed by atoms with Crippen LogP contribution in [0.25, 0.3) is 0 Å². The lowest BCUT2D eigenvalue weighted by Crippen LogP contribution is -2.32. The highest BCUT2D eigenvalue weighted by molar-refractivity contribution is 6.30. The summed E-state index contributed by atoms with van der Waals surface area (Å²) in [6.07, 6.45) is 5.64. The van der Waals surface area contributed by atoms with Crippen LogP contribution in [0.1, 0.15) is 36.9 Å². The third-order valence-electron chi connectivity index (χ3n) is 4.04. The van der Waals surface area contributed by atoms with Crippen LogP contribution in [0.15, 0.2) is 0 Å². The fraction of sp³-hybridized carbons (Fsp3) is 0.769. The molecule has 17 heavy (non-hydrogen) atoms. The standard InChI is InChI=1S/C13H20ClN3/c1-8-11(13(14)17(2)16-8)7-15-12(9-3-4-9)10-5-6-10/h9-10,12,15H,3-7H2,1-2H3. The fourth-order valence-corrected chi connectivity index (χ4v) is 2.96. The minimum absolute atomic E-state index is 0.727. The Balaban J connectivity index is 1.65. The Morgan fingerprint density at radius 1 is 1.35 bits per heavy atom. The van der Waals surface area contributed by atoms with E-state index >= 15 is 0 Å². The summed E-state index contributed by atoms with van der Waals surface area (Å²) >= 11 is 6.25. The number of nitrogens with one attached hydrogen (secondary N) is 1. The van der Waals surface area contributed by atoms with E-state index in [2.05, 4.69) is 10.4 Å². The van der Waals surface area contributed by atoms with Gasteiger partial charge in [0, 0.05) is 25.2 Å². The van der Waals surface area contributed by atoms with Gasteiger partial charge in [0.1, 0.15) is 5.15 Å². The van der Waals surface area contributed by atoms with Crippen LogP contribution in [0.2, 0.25) is 5.15 Å². The third kappa shape index (κ3) is 2.36. The maximum atomic E-state index is 6.25. The first-order chi connectivity index (χ1) is 8.16. The monoisotopic (exact) mass is 253 g/mol. The van der Waals surface area contributed by atoms with Gasteiger partial charge in [-0.25, -0.2) is 0 Å². The van der Waals surface area contributed by atoms with Crippen LogP contribution >= 0.6 is 11.6 Å². The van der Waals surface area contributed by atoms with Gasteiger partial charge in [-0.2, -0.15) is 5.10 Å². The molecule has 0 spiro atoms. The predicted octanol–water partition coefficient (Wildman–Crippen LogP) is 2.66. The van der Waals surface area contributed by atoms with E-state index < -0.39 is 0 Å². The molecule has 1 heterocycles. The first-order valence-electron chi connectivity index (χ1n) is 6.58. The molecule has 0 saturated heterocycles. The first kappa shape index (κ1) is 11.5. The average molecular weight is 254 g/mol. The van der Waals surface area contributed by atoms with Crippen LogP contribution in [0, 0.1) is 18.8 Å². The van der Waals surface area contributed by atoms with E-state index in [4.69, 9.17) is 11.6 Å². The average Bonchev–Trinajstić information content (AvgIpc) is 3.14. The van der Waals surface area contributed by atoms with Crippen LogP contribution in [-0.2, 0) is 13.6 Å². The van der Waals surface area contributed by atoms with Crippen molar-refractivity contribution in [2.75, 3.05) is 0 Å². The molecule has 94 valence electrons. The van der Waals surface area contributed by atoms with Gasteiger partial charge in [0.2, 0.25) is 0 Å². The summed E-state index contributed by atoms with van der Waals surface area (Å²) in [6.45, 7) is 2.91. The van der Waals surface area contributed by atoms with E-state index in [0.29, 0.717) is 0 Å². The van der Waals surface area contributed by atoms with Crippen molar-refractivity contribution in [2.24, 2.45) is 18.9 Å². The molecule has 1 aromatic rings. The second-order valence-corrected chi connectivity index (χ2v) is 5.92. The van der Waals surface area contributed by atoms with Gasteiger partial charge < -0.3 is 5.32 Å². The first-order valence-corrected chi connectivity index (χ1v) is 6.96. The van der Waals surface area contributed by atoms with E-state index in [9.17, 15) is 0 Å². The molecule has 2 fully saturated rings. The van der Waals surface area contributed by atoms with Crippen LogP contribution in [0.3, 0.4) is 0 Å². The van der Waals surface area contributed by atoms with Crippen molar-refractivity contribution in [3.05, 3.63) is 16.4 Å². The molecule has 0 amide bonds. The zero-order valence-electron chi connectivity index (χ0n) is 10.5. The largest absolute Gasteiger partial charge is 0.309 e. The van der Waals surface area contributed by atoms with Crippen LogP contribution < -0.4 is 5.32 Å². The number of nitrogens with zero attached hydrogens (tertiary/aromatic N) is 2. The number of rotatable bonds is 5. The molecule has 1 N–H and O–H groups in total. The van der Waals surface area contributed by atoms with Crippen molar-refractivity contribution >= 4 is 11.6 Å². The minimum atomic E-state index is 0.727. The van der Waals surface area contributed by atoms with Gasteiger partial charge in [-0.3, -0.25) is 4.68 Å². The molecule has 4 heteroatoms. The molecule has 0 radical (unpaired) electrons. The Morgan fingerprint density at radius 3 is 2.35 bits per heavy atom. The molecule has 2 saturated carbocycles. The summed E-state index contributed by atoms with van der Waals surface area (Å²) in [7, 11) is 1.90. The van der Waals surface area contributed by atoms with E-state index in [1.54, 1.807) is 4.68 Å². The maximum Gasteiger partial charge on any atom is 0.131 e. The van der Waals surface area contributed by atoms with Crippen LogP contribution in [0.5, 0.6) is 0 Å². The highest BCUT2D eigenvalue weighted by Gasteiger charge is 2.41. The number of hydrogen-bond donors (Lipinski definition) is 1. The molecule has 2 aliphatic rings. The van der Waals surface area contributed by atoms with Crippen molar-refractivity contribution in [1.82, 2.24) is 15.1 Å². The number of hydrogen-bond acceptors (Lipinski definition) is 2. The summed E-state index contributed by atoms with van der Waals surface area (Å²) in [5, 5.41) is 8.85. The van der Waals surface area contributed by atoms with Crippen molar-refractivity contribution in [2.45, 2.75) is 45.2 Å². The third-order valence-corrected chi connectivity index (χ3v) is 4.52. The zero-order chi connectivity index (χ0) is 12.0. The lowest BCUT2D eigenvalue weighted by atomic mass is 10.1. The van der Waals surface area contributed by atoms with Gasteiger partial charge in [-0.15, -0.1) is 0 Å². The van der Waals surface area contributed by atoms with Crippen molar-refractivity contribution in [3.63, 3.8) is 0 Å². The summed E-state index contributed by atoms with van der Waals surface area (Å²) < 4.78 is 1.76. The van der Waals surface area contributed by atoms with Gasteiger partial charge >= 0.3 is 0 Å². The van der Waals surface area contributed by atoms with E-state index in [0.717, 1.165) is 35.3 Å². The predicted molar refractivity (Wildman–Crippen MR) is 69.0 cm³/mol. The highest BCUT2D eigenvalue weighted by atomic mass is 35.5. The van der Waals surface area contributed by atoms with E-state index in [-0.39, 0.29) is 0 Å². The topological polar surface area (TPSA) is 29.9 Å². The van der Waals surface area contributed by atoms with Crippen molar-refractivity contribution < 1.29 is 0 Å². The smallest absolute Gasteiger partial charge is 0.131 e. The molecule has 0 aromatic carbocycles. The highest BCUT2D eigenvalue weighted by Crippen LogP contribution is 2.44. The summed E-state index contributed by atoms with van der Waals surface area (Å²) in [5.74, 6) is 1.86. The van der Waals surface area contributed by atoms with E-state index in [1.807, 2.05) is 14.0 Å². The quantitative estimate of drug-likeness (QED) is 0.875. The molecule has 1 aromatic heterocycles. The molecule has 3 rings (SSSR count). The Kier molecular flexibility index (Phi) is 2.91. The Labute approximate surface area is 108 Å². The Bertz CT molecular complexity index is 407. The number of aryl methyl sites for hydroxylation is 2. The molecule has 0 atom stereocenters.